The first-order chi connectivity index (χ1) is 19.3. The minimum atomic E-state index is -1.22. The van der Waals surface area contributed by atoms with Crippen LogP contribution < -0.4 is 20.5 Å². The number of carboxylic acids is 1. The summed E-state index contributed by atoms with van der Waals surface area (Å²) in [5.74, 6) is -0.879. The highest BCUT2D eigenvalue weighted by Crippen LogP contribution is 2.29. The Morgan fingerprint density at radius 3 is 2.15 bits per heavy atom. The fraction of sp³-hybridized carbons (Fsp3) is 0.156. The van der Waals surface area contributed by atoms with Gasteiger partial charge in [-0.25, -0.2) is 4.79 Å². The molecule has 0 heterocycles. The van der Waals surface area contributed by atoms with E-state index in [0.29, 0.717) is 12.2 Å². The number of hydrogen-bond acceptors (Lipinski definition) is 5. The average Bonchev–Trinajstić information content (AvgIpc) is 2.98. The third kappa shape index (κ3) is 7.26. The molecule has 0 aromatic heterocycles. The van der Waals surface area contributed by atoms with Crippen molar-refractivity contribution in [2.45, 2.75) is 25.5 Å². The van der Waals surface area contributed by atoms with Gasteiger partial charge in [0.1, 0.15) is 24.1 Å². The molecule has 0 spiro atoms. The van der Waals surface area contributed by atoms with E-state index in [1.165, 1.54) is 0 Å². The standard InChI is InChI=1S/C32H30N2O6/c1-39-27-7-4-6-24(19-27)28-8-3-2-5-25(28)20-40-26-15-13-22(14-16-26)21-9-11-23(12-10-21)31(36)34-29(32(37)38)17-18-30(33)35/h2-16,19,29H,17-18,20H2,1H3,(H2,33,35)(H,34,36)(H,37,38)/t29-/m0/s1. The molecule has 0 aliphatic carbocycles. The van der Waals surface area contributed by atoms with Gasteiger partial charge in [0.15, 0.2) is 0 Å². The summed E-state index contributed by atoms with van der Waals surface area (Å²) in [5.41, 5.74) is 10.4. The molecule has 4 aromatic rings. The summed E-state index contributed by atoms with van der Waals surface area (Å²) >= 11 is 0. The highest BCUT2D eigenvalue weighted by molar-refractivity contribution is 5.97. The van der Waals surface area contributed by atoms with Crippen LogP contribution in [0.2, 0.25) is 0 Å². The van der Waals surface area contributed by atoms with Crippen LogP contribution in [0.5, 0.6) is 11.5 Å². The molecule has 0 unspecified atom stereocenters. The fourth-order valence-corrected chi connectivity index (χ4v) is 4.22. The molecule has 40 heavy (non-hydrogen) atoms. The van der Waals surface area contributed by atoms with Crippen molar-refractivity contribution < 1.29 is 29.0 Å². The van der Waals surface area contributed by atoms with Gasteiger partial charge < -0.3 is 25.6 Å². The van der Waals surface area contributed by atoms with Crippen LogP contribution in [-0.4, -0.2) is 36.0 Å². The third-order valence-corrected chi connectivity index (χ3v) is 6.41. The molecule has 4 N–H and O–H groups in total. The minimum absolute atomic E-state index is 0.0739. The van der Waals surface area contributed by atoms with Crippen molar-refractivity contribution in [2.75, 3.05) is 7.11 Å². The maximum Gasteiger partial charge on any atom is 0.326 e. The Kier molecular flexibility index (Phi) is 9.15. The Labute approximate surface area is 232 Å². The van der Waals surface area contributed by atoms with Crippen LogP contribution in [-0.2, 0) is 16.2 Å². The molecule has 0 aliphatic rings. The van der Waals surface area contributed by atoms with Crippen LogP contribution in [0.15, 0.2) is 97.1 Å². The number of primary amides is 1. The number of nitrogens with two attached hydrogens (primary N) is 1. The summed E-state index contributed by atoms with van der Waals surface area (Å²) < 4.78 is 11.4. The largest absolute Gasteiger partial charge is 0.497 e. The maximum absolute atomic E-state index is 12.5. The van der Waals surface area contributed by atoms with Crippen molar-refractivity contribution in [2.24, 2.45) is 5.73 Å². The first-order valence-electron chi connectivity index (χ1n) is 12.7. The third-order valence-electron chi connectivity index (χ3n) is 6.41. The number of hydrogen-bond donors (Lipinski definition) is 3. The first kappa shape index (κ1) is 27.9. The van der Waals surface area contributed by atoms with Gasteiger partial charge in [-0.3, -0.25) is 9.59 Å². The average molecular weight is 539 g/mol. The van der Waals surface area contributed by atoms with E-state index in [-0.39, 0.29) is 12.8 Å². The zero-order chi connectivity index (χ0) is 28.5. The molecule has 0 fully saturated rings. The zero-order valence-corrected chi connectivity index (χ0v) is 22.0. The second kappa shape index (κ2) is 13.1. The molecular formula is C32H30N2O6. The fourth-order valence-electron chi connectivity index (χ4n) is 4.22. The van der Waals surface area contributed by atoms with Crippen molar-refractivity contribution in [1.29, 1.82) is 0 Å². The van der Waals surface area contributed by atoms with E-state index < -0.39 is 23.8 Å². The molecule has 8 heteroatoms. The Hall–Kier alpha value is -5.11. The molecule has 1 atom stereocenters. The smallest absolute Gasteiger partial charge is 0.326 e. The van der Waals surface area contributed by atoms with Gasteiger partial charge in [-0.05, 0) is 70.6 Å². The number of ether oxygens (including phenoxy) is 2. The van der Waals surface area contributed by atoms with Gasteiger partial charge in [0.2, 0.25) is 5.91 Å². The molecule has 0 bridgehead atoms. The summed E-state index contributed by atoms with van der Waals surface area (Å²) in [4.78, 5) is 34.9. The van der Waals surface area contributed by atoms with E-state index >= 15 is 0 Å². The van der Waals surface area contributed by atoms with Gasteiger partial charge in [0, 0.05) is 12.0 Å². The Morgan fingerprint density at radius 2 is 1.50 bits per heavy atom. The Balaban J connectivity index is 1.39. The van der Waals surface area contributed by atoms with Crippen molar-refractivity contribution in [1.82, 2.24) is 5.32 Å². The first-order valence-corrected chi connectivity index (χ1v) is 12.7. The molecule has 0 radical (unpaired) electrons. The van der Waals surface area contributed by atoms with E-state index in [1.54, 1.807) is 31.4 Å². The molecule has 2 amide bonds. The highest BCUT2D eigenvalue weighted by atomic mass is 16.5. The van der Waals surface area contributed by atoms with Gasteiger partial charge in [-0.1, -0.05) is 60.7 Å². The van der Waals surface area contributed by atoms with Crippen LogP contribution in [0.4, 0.5) is 0 Å². The van der Waals surface area contributed by atoms with Crippen LogP contribution in [0, 0.1) is 0 Å². The van der Waals surface area contributed by atoms with E-state index in [9.17, 15) is 19.5 Å². The second-order valence-electron chi connectivity index (χ2n) is 9.15. The molecule has 4 rings (SSSR count). The lowest BCUT2D eigenvalue weighted by molar-refractivity contribution is -0.139. The lowest BCUT2D eigenvalue weighted by atomic mass is 10.00. The van der Waals surface area contributed by atoms with Crippen molar-refractivity contribution in [3.05, 3.63) is 108 Å². The van der Waals surface area contributed by atoms with E-state index in [1.807, 2.05) is 66.7 Å². The molecule has 0 saturated heterocycles. The SMILES string of the molecule is COc1cccc(-c2ccccc2COc2ccc(-c3ccc(C(=O)N[C@@H](CCC(N)=O)C(=O)O)cc3)cc2)c1. The van der Waals surface area contributed by atoms with Crippen LogP contribution >= 0.6 is 0 Å². The van der Waals surface area contributed by atoms with Gasteiger partial charge >= 0.3 is 5.97 Å². The van der Waals surface area contributed by atoms with Crippen LogP contribution in [0.25, 0.3) is 22.3 Å². The molecule has 4 aromatic carbocycles. The number of nitrogens with one attached hydrogen (secondary N) is 1. The number of carboxylic acid groups (broad SMARTS) is 1. The summed E-state index contributed by atoms with van der Waals surface area (Å²) in [5, 5.41) is 11.7. The number of carbonyl (C=O) groups is 3. The van der Waals surface area contributed by atoms with Crippen molar-refractivity contribution in [3.8, 4) is 33.8 Å². The van der Waals surface area contributed by atoms with Crippen LogP contribution in [0.1, 0.15) is 28.8 Å². The van der Waals surface area contributed by atoms with E-state index in [4.69, 9.17) is 15.2 Å². The Bertz CT molecular complexity index is 1480. The predicted octanol–water partition coefficient (Wildman–Crippen LogP) is 5.06. The summed E-state index contributed by atoms with van der Waals surface area (Å²) in [6.45, 7) is 0.396. The van der Waals surface area contributed by atoms with E-state index in [0.717, 1.165) is 39.3 Å². The number of amides is 2. The number of carbonyl (C=O) groups excluding carboxylic acids is 2. The maximum atomic E-state index is 12.5. The Morgan fingerprint density at radius 1 is 0.825 bits per heavy atom. The predicted molar refractivity (Wildman–Crippen MR) is 152 cm³/mol. The van der Waals surface area contributed by atoms with Gasteiger partial charge in [-0.2, -0.15) is 0 Å². The minimum Gasteiger partial charge on any atom is -0.497 e. The van der Waals surface area contributed by atoms with Crippen molar-refractivity contribution >= 4 is 17.8 Å². The molecule has 0 aliphatic heterocycles. The number of benzene rings is 4. The number of methoxy groups -OCH3 is 1. The van der Waals surface area contributed by atoms with Gasteiger partial charge in [-0.15, -0.1) is 0 Å². The quantitative estimate of drug-likeness (QED) is 0.231. The highest BCUT2D eigenvalue weighted by Gasteiger charge is 2.21. The lowest BCUT2D eigenvalue weighted by Crippen LogP contribution is -2.41. The molecular weight excluding hydrogens is 508 g/mol. The van der Waals surface area contributed by atoms with Crippen molar-refractivity contribution in [3.63, 3.8) is 0 Å². The number of rotatable bonds is 12. The zero-order valence-electron chi connectivity index (χ0n) is 22.0. The monoisotopic (exact) mass is 538 g/mol. The molecule has 204 valence electrons. The summed E-state index contributed by atoms with van der Waals surface area (Å²) in [7, 11) is 1.65. The second-order valence-corrected chi connectivity index (χ2v) is 9.15. The molecule has 8 nitrogen and oxygen atoms in total. The summed E-state index contributed by atoms with van der Waals surface area (Å²) in [6.07, 6.45) is -0.208. The van der Waals surface area contributed by atoms with Crippen LogP contribution in [0.3, 0.4) is 0 Å². The normalized spacial score (nSPS) is 11.3. The molecule has 0 saturated carbocycles. The topological polar surface area (TPSA) is 128 Å². The lowest BCUT2D eigenvalue weighted by Gasteiger charge is -2.14. The van der Waals surface area contributed by atoms with Gasteiger partial charge in [0.05, 0.1) is 7.11 Å². The summed E-state index contributed by atoms with van der Waals surface area (Å²) in [6, 6.07) is 29.3. The van der Waals surface area contributed by atoms with E-state index in [2.05, 4.69) is 11.4 Å². The van der Waals surface area contributed by atoms with Gasteiger partial charge in [0.25, 0.3) is 5.91 Å². The number of aliphatic carboxylic acids is 1.